The number of amides is 1. The number of benzene rings is 1. The van der Waals surface area contributed by atoms with Gasteiger partial charge >= 0.3 is 0 Å². The first-order valence-electron chi connectivity index (χ1n) is 8.37. The van der Waals surface area contributed by atoms with Crippen LogP contribution in [0.3, 0.4) is 0 Å². The van der Waals surface area contributed by atoms with Crippen molar-refractivity contribution in [2.24, 2.45) is 0 Å². The summed E-state index contributed by atoms with van der Waals surface area (Å²) in [5.74, 6) is 0.913. The van der Waals surface area contributed by atoms with Gasteiger partial charge in [0.25, 0.3) is 5.79 Å². The molecule has 7 nitrogen and oxygen atoms in total. The summed E-state index contributed by atoms with van der Waals surface area (Å²) in [6.07, 6.45) is 8.70. The van der Waals surface area contributed by atoms with Crippen molar-refractivity contribution in [3.8, 4) is 11.5 Å². The molecular weight excluding hydrogens is 308 g/mol. The first kappa shape index (κ1) is 15.0. The maximum Gasteiger partial charge on any atom is 0.251 e. The van der Waals surface area contributed by atoms with Gasteiger partial charge in [0.05, 0.1) is 6.54 Å². The molecule has 1 aliphatic heterocycles. The molecule has 2 heterocycles. The molecule has 4 rings (SSSR count). The smallest absolute Gasteiger partial charge is 0.251 e. The zero-order valence-corrected chi connectivity index (χ0v) is 13.4. The molecule has 1 saturated carbocycles. The van der Waals surface area contributed by atoms with Crippen molar-refractivity contribution < 1.29 is 14.3 Å². The Bertz CT molecular complexity index is 723. The van der Waals surface area contributed by atoms with Gasteiger partial charge in [-0.1, -0.05) is 6.42 Å². The summed E-state index contributed by atoms with van der Waals surface area (Å²) in [5.41, 5.74) is 0.716. The van der Waals surface area contributed by atoms with E-state index in [1.807, 2.05) is 18.2 Å². The fourth-order valence-corrected chi connectivity index (χ4v) is 3.25. The number of hydrogen-bond acceptors (Lipinski definition) is 5. The largest absolute Gasteiger partial charge is 0.448 e. The predicted molar refractivity (Wildman–Crippen MR) is 86.8 cm³/mol. The van der Waals surface area contributed by atoms with Gasteiger partial charge in [-0.05, 0) is 25.0 Å². The maximum absolute atomic E-state index is 12.1. The molecule has 1 spiro atoms. The Morgan fingerprint density at radius 1 is 1.21 bits per heavy atom. The molecule has 2 aliphatic rings. The average molecular weight is 328 g/mol. The molecule has 126 valence electrons. The number of anilines is 1. The lowest BCUT2D eigenvalue weighted by atomic mass is 9.94. The Hall–Kier alpha value is -2.57. The second-order valence-corrected chi connectivity index (χ2v) is 6.29. The number of hydrogen-bond donors (Lipinski definition) is 1. The number of carbonyl (C=O) groups excluding carboxylic acids is 1. The average Bonchev–Trinajstić information content (AvgIpc) is 3.20. The van der Waals surface area contributed by atoms with Gasteiger partial charge < -0.3 is 14.8 Å². The minimum Gasteiger partial charge on any atom is -0.448 e. The summed E-state index contributed by atoms with van der Waals surface area (Å²) in [5, 5.41) is 6.87. The van der Waals surface area contributed by atoms with Crippen molar-refractivity contribution in [2.75, 3.05) is 5.32 Å². The number of carbonyl (C=O) groups is 1. The van der Waals surface area contributed by atoms with Crippen molar-refractivity contribution in [1.29, 1.82) is 0 Å². The quantitative estimate of drug-likeness (QED) is 0.933. The van der Waals surface area contributed by atoms with Gasteiger partial charge in [-0.3, -0.25) is 9.48 Å². The molecule has 1 amide bonds. The Labute approximate surface area is 140 Å². The van der Waals surface area contributed by atoms with Gasteiger partial charge in [-0.15, -0.1) is 0 Å². The number of aryl methyl sites for hydroxylation is 1. The van der Waals surface area contributed by atoms with Gasteiger partial charge in [0.1, 0.15) is 12.7 Å². The molecule has 0 unspecified atom stereocenters. The number of rotatable bonds is 4. The van der Waals surface area contributed by atoms with E-state index in [1.54, 1.807) is 11.0 Å². The molecule has 24 heavy (non-hydrogen) atoms. The van der Waals surface area contributed by atoms with Crippen LogP contribution in [-0.2, 0) is 11.3 Å². The number of nitrogens with one attached hydrogen (secondary N) is 1. The highest BCUT2D eigenvalue weighted by molar-refractivity contribution is 5.91. The highest BCUT2D eigenvalue weighted by Gasteiger charge is 2.42. The van der Waals surface area contributed by atoms with Crippen LogP contribution >= 0.6 is 0 Å². The number of ether oxygens (including phenoxy) is 2. The number of fused-ring (bicyclic) bond motifs is 1. The standard InChI is InChI=1S/C17H20N4O3/c22-16(6-9-21-12-18-11-19-21)20-13-4-5-14-15(10-13)24-17(23-14)7-2-1-3-8-17/h4-5,10-12H,1-3,6-9H2,(H,20,22). The summed E-state index contributed by atoms with van der Waals surface area (Å²) >= 11 is 0. The van der Waals surface area contributed by atoms with E-state index in [4.69, 9.17) is 9.47 Å². The second kappa shape index (κ2) is 6.14. The van der Waals surface area contributed by atoms with Crippen molar-refractivity contribution in [3.05, 3.63) is 30.9 Å². The van der Waals surface area contributed by atoms with Gasteiger partial charge in [-0.25, -0.2) is 4.98 Å². The monoisotopic (exact) mass is 328 g/mol. The molecule has 0 saturated heterocycles. The van der Waals surface area contributed by atoms with Crippen LogP contribution in [0.15, 0.2) is 30.9 Å². The van der Waals surface area contributed by atoms with E-state index in [1.165, 1.54) is 12.7 Å². The van der Waals surface area contributed by atoms with Crippen molar-refractivity contribution in [3.63, 3.8) is 0 Å². The van der Waals surface area contributed by atoms with E-state index >= 15 is 0 Å². The fraction of sp³-hybridized carbons (Fsp3) is 0.471. The van der Waals surface area contributed by atoms with Crippen LogP contribution in [0.4, 0.5) is 5.69 Å². The molecule has 0 bridgehead atoms. The predicted octanol–water partition coefficient (Wildman–Crippen LogP) is 2.74. The number of aromatic nitrogens is 3. The lowest BCUT2D eigenvalue weighted by Crippen LogP contribution is -2.40. The molecule has 0 atom stereocenters. The Morgan fingerprint density at radius 2 is 2.04 bits per heavy atom. The third-order valence-electron chi connectivity index (χ3n) is 4.47. The van der Waals surface area contributed by atoms with E-state index in [-0.39, 0.29) is 5.91 Å². The summed E-state index contributed by atoms with van der Waals surface area (Å²) in [6.45, 7) is 0.500. The fourth-order valence-electron chi connectivity index (χ4n) is 3.25. The molecule has 1 aliphatic carbocycles. The Balaban J connectivity index is 1.38. The van der Waals surface area contributed by atoms with Crippen LogP contribution in [-0.4, -0.2) is 26.5 Å². The molecule has 7 heteroatoms. The molecule has 1 aromatic carbocycles. The second-order valence-electron chi connectivity index (χ2n) is 6.29. The van der Waals surface area contributed by atoms with E-state index < -0.39 is 5.79 Å². The van der Waals surface area contributed by atoms with Gasteiger partial charge in [0, 0.05) is 31.0 Å². The lowest BCUT2D eigenvalue weighted by molar-refractivity contribution is -0.116. The SMILES string of the molecule is O=C(CCn1cncn1)Nc1ccc2c(c1)OC1(CCCCC1)O2. The van der Waals surface area contributed by atoms with Crippen molar-refractivity contribution in [2.45, 2.75) is 50.9 Å². The Kier molecular flexibility index (Phi) is 3.84. The zero-order chi connectivity index (χ0) is 16.4. The third-order valence-corrected chi connectivity index (χ3v) is 4.47. The summed E-state index contributed by atoms with van der Waals surface area (Å²) in [4.78, 5) is 15.9. The van der Waals surface area contributed by atoms with E-state index in [2.05, 4.69) is 15.4 Å². The summed E-state index contributed by atoms with van der Waals surface area (Å²) < 4.78 is 13.7. The topological polar surface area (TPSA) is 78.3 Å². The zero-order valence-electron chi connectivity index (χ0n) is 13.4. The highest BCUT2D eigenvalue weighted by atomic mass is 16.7. The normalized spacial score (nSPS) is 17.8. The first-order chi connectivity index (χ1) is 11.7. The molecular formula is C17H20N4O3. The van der Waals surface area contributed by atoms with E-state index in [0.717, 1.165) is 31.4 Å². The summed E-state index contributed by atoms with van der Waals surface area (Å²) in [7, 11) is 0. The lowest BCUT2D eigenvalue weighted by Gasteiger charge is -2.31. The van der Waals surface area contributed by atoms with Crippen LogP contribution in [0, 0.1) is 0 Å². The van der Waals surface area contributed by atoms with Crippen LogP contribution < -0.4 is 14.8 Å². The minimum atomic E-state index is -0.490. The highest BCUT2D eigenvalue weighted by Crippen LogP contribution is 2.46. The van der Waals surface area contributed by atoms with Gasteiger partial charge in [-0.2, -0.15) is 5.10 Å². The molecule has 2 aromatic rings. The van der Waals surface area contributed by atoms with Crippen LogP contribution in [0.2, 0.25) is 0 Å². The van der Waals surface area contributed by atoms with Crippen LogP contribution in [0.25, 0.3) is 0 Å². The maximum atomic E-state index is 12.1. The number of nitrogens with zero attached hydrogens (tertiary/aromatic N) is 3. The molecule has 1 N–H and O–H groups in total. The van der Waals surface area contributed by atoms with Crippen LogP contribution in [0.5, 0.6) is 11.5 Å². The molecule has 1 aromatic heterocycles. The Morgan fingerprint density at radius 3 is 2.83 bits per heavy atom. The molecule has 0 radical (unpaired) electrons. The van der Waals surface area contributed by atoms with E-state index in [9.17, 15) is 4.79 Å². The third kappa shape index (κ3) is 3.06. The molecule has 1 fully saturated rings. The summed E-state index contributed by atoms with van der Waals surface area (Å²) in [6, 6.07) is 5.55. The van der Waals surface area contributed by atoms with Gasteiger partial charge in [0.2, 0.25) is 5.91 Å². The van der Waals surface area contributed by atoms with Crippen molar-refractivity contribution in [1.82, 2.24) is 14.8 Å². The van der Waals surface area contributed by atoms with Gasteiger partial charge in [0.15, 0.2) is 11.5 Å². The van der Waals surface area contributed by atoms with E-state index in [0.29, 0.717) is 24.4 Å². The van der Waals surface area contributed by atoms with Crippen LogP contribution in [0.1, 0.15) is 38.5 Å². The van der Waals surface area contributed by atoms with Crippen molar-refractivity contribution >= 4 is 11.6 Å². The first-order valence-corrected chi connectivity index (χ1v) is 8.37. The minimum absolute atomic E-state index is 0.0725.